The lowest BCUT2D eigenvalue weighted by molar-refractivity contribution is -0.128. The summed E-state index contributed by atoms with van der Waals surface area (Å²) in [5.74, 6) is 0.995. The van der Waals surface area contributed by atoms with Gasteiger partial charge in [-0.25, -0.2) is 4.98 Å². The van der Waals surface area contributed by atoms with E-state index in [1.165, 1.54) is 5.56 Å². The summed E-state index contributed by atoms with van der Waals surface area (Å²) in [5, 5.41) is 15.6. The Morgan fingerprint density at radius 3 is 2.59 bits per heavy atom. The first-order valence-electron chi connectivity index (χ1n) is 14.3. The van der Waals surface area contributed by atoms with Gasteiger partial charge >= 0.3 is 0 Å². The third-order valence-electron chi connectivity index (χ3n) is 7.99. The van der Waals surface area contributed by atoms with E-state index >= 15 is 0 Å². The van der Waals surface area contributed by atoms with Crippen molar-refractivity contribution in [3.05, 3.63) is 35.5 Å². The van der Waals surface area contributed by atoms with Gasteiger partial charge in [-0.15, -0.1) is 0 Å². The molecule has 2 unspecified atom stereocenters. The minimum absolute atomic E-state index is 0.0736. The summed E-state index contributed by atoms with van der Waals surface area (Å²) in [6.45, 7) is 15.2. The molecule has 2 amide bonds. The molecule has 1 fully saturated rings. The van der Waals surface area contributed by atoms with Gasteiger partial charge in [-0.1, -0.05) is 19.1 Å². The number of carbonyl (C=O) groups is 3. The Kier molecular flexibility index (Phi) is 12.3. The number of nitrogens with two attached hydrogens (primary N) is 2. The third kappa shape index (κ3) is 8.04. The van der Waals surface area contributed by atoms with Gasteiger partial charge in [-0.3, -0.25) is 9.59 Å². The summed E-state index contributed by atoms with van der Waals surface area (Å²) in [4.78, 5) is 39.8. The van der Waals surface area contributed by atoms with Crippen molar-refractivity contribution >= 4 is 46.7 Å². The number of carbonyl (C=O) groups excluding carboxylic acids is 3. The van der Waals surface area contributed by atoms with Crippen molar-refractivity contribution in [3.8, 4) is 0 Å². The molecule has 2 atom stereocenters. The molecular weight excluding hydrogens is 520 g/mol. The number of aromatic amines is 1. The molecular formula is C31H48N6O4. The highest BCUT2D eigenvalue weighted by molar-refractivity contribution is 6.13. The number of anilines is 1. The smallest absolute Gasteiger partial charge is 0.225 e. The SMILES string of the molecule is C=O.CCC1(C(N)=O)CCCN(c2ncc(C)c3[nH]c4cc(C(CCO)CCNC(C)(C)C)ccc4c23)C1.NC=O. The van der Waals surface area contributed by atoms with Crippen LogP contribution in [0.4, 0.5) is 5.82 Å². The number of rotatable bonds is 9. The Bertz CT molecular complexity index is 1300. The summed E-state index contributed by atoms with van der Waals surface area (Å²) in [7, 11) is 0. The maximum Gasteiger partial charge on any atom is 0.225 e. The van der Waals surface area contributed by atoms with E-state index < -0.39 is 5.41 Å². The largest absolute Gasteiger partial charge is 0.396 e. The lowest BCUT2D eigenvalue weighted by Gasteiger charge is -2.41. The van der Waals surface area contributed by atoms with Gasteiger partial charge in [0, 0.05) is 42.3 Å². The number of piperidine rings is 1. The summed E-state index contributed by atoms with van der Waals surface area (Å²) < 4.78 is 0. The molecule has 1 saturated heterocycles. The number of aliphatic hydroxyl groups is 1. The van der Waals surface area contributed by atoms with Gasteiger partial charge in [-0.05, 0) is 89.5 Å². The quantitative estimate of drug-likeness (QED) is 0.245. The highest BCUT2D eigenvalue weighted by atomic mass is 16.3. The molecule has 0 bridgehead atoms. The second-order valence-corrected chi connectivity index (χ2v) is 11.8. The average molecular weight is 569 g/mol. The van der Waals surface area contributed by atoms with E-state index in [9.17, 15) is 9.90 Å². The van der Waals surface area contributed by atoms with Crippen molar-refractivity contribution in [3.63, 3.8) is 0 Å². The standard InChI is InChI=1S/C29H43N5O2.CH3NO.CH2O/c1-6-29(27(30)36)12-7-14-34(18-29)26-24-22-9-8-21(16-23(22)33-25(24)19(2)17-31-26)20(11-15-35)10-13-32-28(3,4)5;2-1-3;1-2/h8-9,16-17,20,32-33,35H,6-7,10-15,18H2,1-5H3,(H2,30,36);1H,(H2,2,3);1H2. The molecule has 3 aromatic rings. The molecule has 1 aliphatic rings. The molecule has 0 saturated carbocycles. The second kappa shape index (κ2) is 14.9. The molecule has 10 nitrogen and oxygen atoms in total. The number of hydrogen-bond acceptors (Lipinski definition) is 7. The van der Waals surface area contributed by atoms with Gasteiger partial charge in [0.15, 0.2) is 0 Å². The average Bonchev–Trinajstić information content (AvgIpc) is 3.33. The number of aromatic nitrogens is 2. The van der Waals surface area contributed by atoms with Crippen molar-refractivity contribution in [1.82, 2.24) is 15.3 Å². The van der Waals surface area contributed by atoms with E-state index in [1.54, 1.807) is 0 Å². The van der Waals surface area contributed by atoms with Crippen LogP contribution in [0.25, 0.3) is 21.8 Å². The van der Waals surface area contributed by atoms with E-state index in [2.05, 4.69) is 73.8 Å². The van der Waals surface area contributed by atoms with Crippen LogP contribution in [0, 0.1) is 12.3 Å². The van der Waals surface area contributed by atoms with Crippen LogP contribution in [-0.4, -0.2) is 66.0 Å². The second-order valence-electron chi connectivity index (χ2n) is 11.8. The van der Waals surface area contributed by atoms with Crippen molar-refractivity contribution in [1.29, 1.82) is 0 Å². The topological polar surface area (TPSA) is 167 Å². The predicted octanol–water partition coefficient (Wildman–Crippen LogP) is 3.67. The molecule has 1 aromatic carbocycles. The van der Waals surface area contributed by atoms with E-state index in [0.717, 1.165) is 78.4 Å². The molecule has 4 rings (SSSR count). The molecule has 3 heterocycles. The van der Waals surface area contributed by atoms with E-state index in [1.807, 2.05) is 13.0 Å². The molecule has 1 aliphatic heterocycles. The van der Waals surface area contributed by atoms with Gasteiger partial charge in [0.2, 0.25) is 12.3 Å². The molecule has 2 aromatic heterocycles. The van der Waals surface area contributed by atoms with Gasteiger partial charge < -0.3 is 36.6 Å². The van der Waals surface area contributed by atoms with Crippen LogP contribution in [-0.2, 0) is 14.4 Å². The maximum absolute atomic E-state index is 12.4. The summed E-state index contributed by atoms with van der Waals surface area (Å²) >= 11 is 0. The van der Waals surface area contributed by atoms with E-state index in [4.69, 9.17) is 20.3 Å². The Hall–Kier alpha value is -3.50. The van der Waals surface area contributed by atoms with Crippen molar-refractivity contribution < 1.29 is 19.5 Å². The fourth-order valence-electron chi connectivity index (χ4n) is 5.76. The Labute approximate surface area is 243 Å². The Balaban J connectivity index is 0.00000110. The number of aryl methyl sites for hydroxylation is 1. The normalized spacial score (nSPS) is 17.8. The predicted molar refractivity (Wildman–Crippen MR) is 166 cm³/mol. The van der Waals surface area contributed by atoms with Crippen LogP contribution in [0.5, 0.6) is 0 Å². The monoisotopic (exact) mass is 568 g/mol. The fourth-order valence-corrected chi connectivity index (χ4v) is 5.76. The number of H-pyrrole nitrogens is 1. The first-order chi connectivity index (χ1) is 19.5. The van der Waals surface area contributed by atoms with Crippen molar-refractivity contribution in [2.24, 2.45) is 16.9 Å². The third-order valence-corrected chi connectivity index (χ3v) is 7.99. The lowest BCUT2D eigenvalue weighted by Crippen LogP contribution is -2.50. The molecule has 0 radical (unpaired) electrons. The molecule has 0 aliphatic carbocycles. The Morgan fingerprint density at radius 1 is 1.32 bits per heavy atom. The number of benzene rings is 1. The number of primary amides is 2. The summed E-state index contributed by atoms with van der Waals surface area (Å²) in [6.07, 6.45) is 6.37. The van der Waals surface area contributed by atoms with Gasteiger partial charge in [-0.2, -0.15) is 0 Å². The highest BCUT2D eigenvalue weighted by Gasteiger charge is 2.40. The van der Waals surface area contributed by atoms with Gasteiger partial charge in [0.05, 0.1) is 16.3 Å². The number of nitrogens with zero attached hydrogens (tertiary/aromatic N) is 2. The van der Waals surface area contributed by atoms with Crippen molar-refractivity contribution in [2.75, 3.05) is 31.1 Å². The fraction of sp³-hybridized carbons (Fsp3) is 0.548. The van der Waals surface area contributed by atoms with Crippen LogP contribution < -0.4 is 21.7 Å². The number of pyridine rings is 1. The minimum atomic E-state index is -0.505. The number of hydrogen-bond donors (Lipinski definition) is 5. The maximum atomic E-state index is 12.4. The van der Waals surface area contributed by atoms with Crippen molar-refractivity contribution in [2.45, 2.75) is 78.2 Å². The number of nitrogens with one attached hydrogen (secondary N) is 2. The molecule has 7 N–H and O–H groups in total. The van der Waals surface area contributed by atoms with E-state index in [0.29, 0.717) is 6.54 Å². The minimum Gasteiger partial charge on any atom is -0.396 e. The Morgan fingerprint density at radius 2 is 2.00 bits per heavy atom. The highest BCUT2D eigenvalue weighted by Crippen LogP contribution is 2.40. The molecule has 226 valence electrons. The molecule has 10 heteroatoms. The first kappa shape index (κ1) is 33.7. The zero-order valence-corrected chi connectivity index (χ0v) is 25.3. The zero-order valence-electron chi connectivity index (χ0n) is 25.3. The number of amides is 2. The van der Waals surface area contributed by atoms with Crippen LogP contribution >= 0.6 is 0 Å². The van der Waals surface area contributed by atoms with Crippen LogP contribution in [0.15, 0.2) is 24.4 Å². The van der Waals surface area contributed by atoms with E-state index in [-0.39, 0.29) is 30.4 Å². The van der Waals surface area contributed by atoms with Gasteiger partial charge in [0.1, 0.15) is 12.6 Å². The summed E-state index contributed by atoms with van der Waals surface area (Å²) in [6, 6.07) is 6.64. The number of fused-ring (bicyclic) bond motifs is 3. The molecule has 0 spiro atoms. The zero-order chi connectivity index (χ0) is 30.8. The summed E-state index contributed by atoms with van der Waals surface area (Å²) in [5.41, 5.74) is 14.1. The van der Waals surface area contributed by atoms with Crippen LogP contribution in [0.2, 0.25) is 0 Å². The first-order valence-corrected chi connectivity index (χ1v) is 14.3. The van der Waals surface area contributed by atoms with Crippen LogP contribution in [0.1, 0.15) is 76.8 Å². The van der Waals surface area contributed by atoms with Gasteiger partial charge in [0.25, 0.3) is 0 Å². The van der Waals surface area contributed by atoms with Crippen LogP contribution in [0.3, 0.4) is 0 Å². The molecule has 41 heavy (non-hydrogen) atoms. The number of aliphatic hydroxyl groups excluding tert-OH is 1. The lowest BCUT2D eigenvalue weighted by atomic mass is 9.77.